The van der Waals surface area contributed by atoms with Crippen molar-refractivity contribution < 1.29 is 4.79 Å². The van der Waals surface area contributed by atoms with Crippen molar-refractivity contribution in [3.05, 3.63) is 94.0 Å². The van der Waals surface area contributed by atoms with Crippen LogP contribution in [0.3, 0.4) is 0 Å². The molecule has 1 nitrogen and oxygen atoms in total. The summed E-state index contributed by atoms with van der Waals surface area (Å²) in [6, 6.07) is 21.1. The van der Waals surface area contributed by atoms with E-state index in [0.717, 1.165) is 22.3 Å². The minimum atomic E-state index is -0.0630. The van der Waals surface area contributed by atoms with Crippen molar-refractivity contribution in [2.75, 3.05) is 0 Å². The van der Waals surface area contributed by atoms with Crippen molar-refractivity contribution in [3.63, 3.8) is 0 Å². The molecule has 0 heterocycles. The Morgan fingerprint density at radius 3 is 2.13 bits per heavy atom. The number of carbonyl (C=O) groups is 1. The van der Waals surface area contributed by atoms with E-state index in [-0.39, 0.29) is 5.78 Å². The van der Waals surface area contributed by atoms with Gasteiger partial charge in [0.15, 0.2) is 5.78 Å². The molecule has 23 heavy (non-hydrogen) atoms. The molecule has 3 heteroatoms. The van der Waals surface area contributed by atoms with Crippen LogP contribution in [0.5, 0.6) is 0 Å². The van der Waals surface area contributed by atoms with Gasteiger partial charge in [-0.25, -0.2) is 0 Å². The fraction of sp³-hybridized carbons (Fsp3) is 0. The summed E-state index contributed by atoms with van der Waals surface area (Å²) in [5.74, 6) is -0.0630. The van der Waals surface area contributed by atoms with E-state index in [1.807, 2.05) is 60.7 Å². The predicted octanol–water partition coefficient (Wildman–Crippen LogP) is 5.32. The monoisotopic (exact) mass is 334 g/mol. The molecular weight excluding hydrogens is 324 g/mol. The molecule has 0 unspecified atom stereocenters. The van der Waals surface area contributed by atoms with Crippen molar-refractivity contribution in [2.24, 2.45) is 0 Å². The Bertz CT molecular complexity index is 961. The lowest BCUT2D eigenvalue weighted by Crippen LogP contribution is -2.21. The van der Waals surface area contributed by atoms with Crippen LogP contribution in [0.15, 0.2) is 66.7 Å². The molecule has 1 aliphatic rings. The second-order valence-electron chi connectivity index (χ2n) is 5.41. The average Bonchev–Trinajstić information content (AvgIpc) is 2.59. The van der Waals surface area contributed by atoms with Gasteiger partial charge in [0.1, 0.15) is 0 Å². The number of thiocarbonyl (C=S) groups is 1. The highest BCUT2D eigenvalue weighted by molar-refractivity contribution is 7.81. The summed E-state index contributed by atoms with van der Waals surface area (Å²) >= 11 is 11.9. The topological polar surface area (TPSA) is 17.1 Å². The third kappa shape index (κ3) is 2.14. The van der Waals surface area contributed by atoms with E-state index in [0.29, 0.717) is 21.0 Å². The lowest BCUT2D eigenvalue weighted by molar-refractivity contribution is 0.103. The second-order valence-corrected chi connectivity index (χ2v) is 6.23. The zero-order chi connectivity index (χ0) is 16.0. The molecule has 0 saturated carbocycles. The zero-order valence-electron chi connectivity index (χ0n) is 12.0. The van der Waals surface area contributed by atoms with Gasteiger partial charge in [-0.05, 0) is 17.2 Å². The highest BCUT2D eigenvalue weighted by atomic mass is 35.5. The predicted molar refractivity (Wildman–Crippen MR) is 97.6 cm³/mol. The fourth-order valence-corrected chi connectivity index (χ4v) is 3.71. The molecule has 0 atom stereocenters. The highest BCUT2D eigenvalue weighted by Crippen LogP contribution is 2.37. The summed E-state index contributed by atoms with van der Waals surface area (Å²) in [7, 11) is 0. The van der Waals surface area contributed by atoms with Crippen LogP contribution in [0.1, 0.15) is 27.0 Å². The Morgan fingerprint density at radius 1 is 0.696 bits per heavy atom. The molecule has 0 bridgehead atoms. The van der Waals surface area contributed by atoms with E-state index in [2.05, 4.69) is 0 Å². The summed E-state index contributed by atoms with van der Waals surface area (Å²) in [6.45, 7) is 0. The number of hydrogen-bond donors (Lipinski definition) is 0. The van der Waals surface area contributed by atoms with Crippen LogP contribution in [-0.2, 0) is 0 Å². The number of benzene rings is 3. The maximum Gasteiger partial charge on any atom is 0.195 e. The van der Waals surface area contributed by atoms with Crippen LogP contribution >= 0.6 is 23.8 Å². The third-order valence-electron chi connectivity index (χ3n) is 4.11. The van der Waals surface area contributed by atoms with Crippen molar-refractivity contribution in [2.45, 2.75) is 0 Å². The Labute approximate surface area is 144 Å². The number of ketones is 1. The minimum Gasteiger partial charge on any atom is -0.289 e. The van der Waals surface area contributed by atoms with Crippen LogP contribution in [0.25, 0.3) is 11.1 Å². The van der Waals surface area contributed by atoms with Gasteiger partial charge in [0.25, 0.3) is 0 Å². The van der Waals surface area contributed by atoms with Crippen LogP contribution in [-0.4, -0.2) is 10.6 Å². The zero-order valence-corrected chi connectivity index (χ0v) is 13.6. The first-order valence-electron chi connectivity index (χ1n) is 7.25. The molecule has 0 aromatic heterocycles. The molecule has 4 rings (SSSR count). The van der Waals surface area contributed by atoms with Crippen molar-refractivity contribution >= 4 is 34.5 Å². The number of rotatable bonds is 1. The minimum absolute atomic E-state index is 0.0630. The standard InChI is InChI=1S/C20H11ClOS/c21-16-11-5-10-15-18(16)19(22)14-9-4-8-13(17(14)20(15)23)12-6-2-1-3-7-12/h1-11H. The summed E-state index contributed by atoms with van der Waals surface area (Å²) in [6.07, 6.45) is 0. The molecule has 1 aliphatic carbocycles. The van der Waals surface area contributed by atoms with E-state index in [4.69, 9.17) is 23.8 Å². The molecule has 0 spiro atoms. The smallest absolute Gasteiger partial charge is 0.195 e. The summed E-state index contributed by atoms with van der Waals surface area (Å²) in [4.78, 5) is 13.6. The van der Waals surface area contributed by atoms with Crippen LogP contribution in [0, 0.1) is 0 Å². The first kappa shape index (κ1) is 14.3. The van der Waals surface area contributed by atoms with Gasteiger partial charge in [-0.3, -0.25) is 4.79 Å². The molecule has 0 radical (unpaired) electrons. The maximum absolute atomic E-state index is 12.9. The average molecular weight is 335 g/mol. The van der Waals surface area contributed by atoms with E-state index >= 15 is 0 Å². The lowest BCUT2D eigenvalue weighted by atomic mass is 9.81. The van der Waals surface area contributed by atoms with Gasteiger partial charge in [-0.15, -0.1) is 0 Å². The summed E-state index contributed by atoms with van der Waals surface area (Å²) < 4.78 is 0. The third-order valence-corrected chi connectivity index (χ3v) is 4.85. The number of halogens is 1. The SMILES string of the molecule is O=C1c2cccc(-c3ccccc3)c2C(=S)c2cccc(Cl)c21. The molecular formula is C20H11ClOS. The van der Waals surface area contributed by atoms with Gasteiger partial charge < -0.3 is 0 Å². The van der Waals surface area contributed by atoms with E-state index in [1.54, 1.807) is 6.07 Å². The molecule has 0 N–H and O–H groups in total. The van der Waals surface area contributed by atoms with Gasteiger partial charge in [-0.1, -0.05) is 84.5 Å². The Kier molecular flexibility index (Phi) is 3.37. The van der Waals surface area contributed by atoms with Gasteiger partial charge in [0.05, 0.1) is 9.89 Å². The van der Waals surface area contributed by atoms with Gasteiger partial charge in [-0.2, -0.15) is 0 Å². The van der Waals surface area contributed by atoms with Crippen LogP contribution in [0.2, 0.25) is 5.02 Å². The number of fused-ring (bicyclic) bond motifs is 2. The molecule has 0 aliphatic heterocycles. The molecule has 3 aromatic rings. The van der Waals surface area contributed by atoms with Crippen LogP contribution < -0.4 is 0 Å². The van der Waals surface area contributed by atoms with Gasteiger partial charge in [0.2, 0.25) is 0 Å². The summed E-state index contributed by atoms with van der Waals surface area (Å²) in [5.41, 5.74) is 4.73. The maximum atomic E-state index is 12.9. The number of hydrogen-bond acceptors (Lipinski definition) is 2. The Balaban J connectivity index is 2.03. The van der Waals surface area contributed by atoms with Gasteiger partial charge in [0, 0.05) is 22.3 Å². The van der Waals surface area contributed by atoms with Crippen molar-refractivity contribution in [1.29, 1.82) is 0 Å². The lowest BCUT2D eigenvalue weighted by Gasteiger charge is -2.23. The molecule has 0 amide bonds. The fourth-order valence-electron chi connectivity index (χ4n) is 3.06. The van der Waals surface area contributed by atoms with Gasteiger partial charge >= 0.3 is 0 Å². The van der Waals surface area contributed by atoms with E-state index in [9.17, 15) is 4.79 Å². The Hall–Kier alpha value is -2.29. The van der Waals surface area contributed by atoms with Crippen LogP contribution in [0.4, 0.5) is 0 Å². The first-order chi connectivity index (χ1) is 11.2. The van der Waals surface area contributed by atoms with Crippen molar-refractivity contribution in [3.8, 4) is 11.1 Å². The normalized spacial score (nSPS) is 12.7. The first-order valence-corrected chi connectivity index (χ1v) is 8.03. The number of carbonyl (C=O) groups excluding carboxylic acids is 1. The van der Waals surface area contributed by atoms with E-state index in [1.165, 1.54) is 0 Å². The largest absolute Gasteiger partial charge is 0.289 e. The van der Waals surface area contributed by atoms with Crippen molar-refractivity contribution in [1.82, 2.24) is 0 Å². The molecule has 3 aromatic carbocycles. The van der Waals surface area contributed by atoms with E-state index < -0.39 is 0 Å². The molecule has 0 saturated heterocycles. The quantitative estimate of drug-likeness (QED) is 0.438. The second kappa shape index (κ2) is 5.41. The Morgan fingerprint density at radius 2 is 1.35 bits per heavy atom. The highest BCUT2D eigenvalue weighted by Gasteiger charge is 2.30. The molecule has 0 fully saturated rings. The summed E-state index contributed by atoms with van der Waals surface area (Å²) in [5, 5.41) is 0.450. The molecule has 110 valence electrons.